The molecule has 21 heavy (non-hydrogen) atoms. The summed E-state index contributed by atoms with van der Waals surface area (Å²) in [6.45, 7) is 0.357. The number of ketones is 1. The van der Waals surface area contributed by atoms with Gasteiger partial charge in [-0.05, 0) is 24.7 Å². The molecule has 2 rings (SSSR count). The van der Waals surface area contributed by atoms with Gasteiger partial charge in [0.05, 0.1) is 10.6 Å². The SMILES string of the molecule is NCCc1nc(C(=O)c2ccc(F)c(C(F)(F)F)c2)cs1. The van der Waals surface area contributed by atoms with Crippen molar-refractivity contribution >= 4 is 17.1 Å². The van der Waals surface area contributed by atoms with Gasteiger partial charge in [0.25, 0.3) is 0 Å². The average Bonchev–Trinajstić information content (AvgIpc) is 2.86. The Balaban J connectivity index is 2.35. The summed E-state index contributed by atoms with van der Waals surface area (Å²) in [5.74, 6) is -2.10. The van der Waals surface area contributed by atoms with Crippen molar-refractivity contribution in [2.24, 2.45) is 5.73 Å². The minimum absolute atomic E-state index is 0.0307. The maximum atomic E-state index is 13.2. The quantitative estimate of drug-likeness (QED) is 0.696. The maximum Gasteiger partial charge on any atom is 0.419 e. The molecule has 8 heteroatoms. The van der Waals surface area contributed by atoms with Crippen LogP contribution in [0.15, 0.2) is 23.6 Å². The number of halogens is 4. The topological polar surface area (TPSA) is 56.0 Å². The molecule has 0 atom stereocenters. The van der Waals surface area contributed by atoms with Gasteiger partial charge in [0.15, 0.2) is 0 Å². The molecule has 1 heterocycles. The van der Waals surface area contributed by atoms with Crippen molar-refractivity contribution in [3.63, 3.8) is 0 Å². The van der Waals surface area contributed by atoms with Crippen molar-refractivity contribution in [2.75, 3.05) is 6.54 Å². The number of thiazole rings is 1. The highest BCUT2D eigenvalue weighted by molar-refractivity contribution is 7.09. The second kappa shape index (κ2) is 5.90. The van der Waals surface area contributed by atoms with Crippen molar-refractivity contribution in [1.82, 2.24) is 4.98 Å². The fourth-order valence-corrected chi connectivity index (χ4v) is 2.48. The van der Waals surface area contributed by atoms with Gasteiger partial charge in [-0.15, -0.1) is 11.3 Å². The summed E-state index contributed by atoms with van der Waals surface area (Å²) in [6.07, 6.45) is -4.37. The molecule has 1 aromatic carbocycles. The van der Waals surface area contributed by atoms with E-state index >= 15 is 0 Å². The summed E-state index contributed by atoms with van der Waals surface area (Å²) < 4.78 is 51.0. The van der Waals surface area contributed by atoms with Crippen molar-refractivity contribution in [3.8, 4) is 0 Å². The molecule has 0 saturated heterocycles. The lowest BCUT2D eigenvalue weighted by atomic mass is 10.0. The van der Waals surface area contributed by atoms with Crippen molar-refractivity contribution < 1.29 is 22.4 Å². The highest BCUT2D eigenvalue weighted by Gasteiger charge is 2.34. The second-order valence-electron chi connectivity index (χ2n) is 4.19. The molecule has 0 unspecified atom stereocenters. The zero-order chi connectivity index (χ0) is 15.6. The molecule has 1 aromatic heterocycles. The predicted octanol–water partition coefficient (Wildman–Crippen LogP) is 3.03. The van der Waals surface area contributed by atoms with E-state index in [-0.39, 0.29) is 11.3 Å². The van der Waals surface area contributed by atoms with E-state index in [2.05, 4.69) is 4.98 Å². The van der Waals surface area contributed by atoms with Crippen LogP contribution in [0.2, 0.25) is 0 Å². The van der Waals surface area contributed by atoms with E-state index in [1.807, 2.05) is 0 Å². The Morgan fingerprint density at radius 2 is 2.05 bits per heavy atom. The van der Waals surface area contributed by atoms with Crippen LogP contribution >= 0.6 is 11.3 Å². The molecule has 0 spiro atoms. The third kappa shape index (κ3) is 3.45. The Hall–Kier alpha value is -1.80. The van der Waals surface area contributed by atoms with Crippen LogP contribution in [0, 0.1) is 5.82 Å². The first-order chi connectivity index (χ1) is 9.82. The Kier molecular flexibility index (Phi) is 4.38. The number of alkyl halides is 3. The summed E-state index contributed by atoms with van der Waals surface area (Å²) >= 11 is 1.20. The van der Waals surface area contributed by atoms with Crippen molar-refractivity contribution in [2.45, 2.75) is 12.6 Å². The predicted molar refractivity (Wildman–Crippen MR) is 69.7 cm³/mol. The molecule has 112 valence electrons. The number of carbonyl (C=O) groups excluding carboxylic acids is 1. The zero-order valence-electron chi connectivity index (χ0n) is 10.6. The van der Waals surface area contributed by atoms with E-state index in [0.29, 0.717) is 30.1 Å². The van der Waals surface area contributed by atoms with Crippen molar-refractivity contribution in [1.29, 1.82) is 0 Å². The van der Waals surface area contributed by atoms with E-state index in [4.69, 9.17) is 5.73 Å². The molecule has 0 saturated carbocycles. The lowest BCUT2D eigenvalue weighted by molar-refractivity contribution is -0.140. The maximum absolute atomic E-state index is 13.2. The molecule has 0 amide bonds. The fourth-order valence-electron chi connectivity index (χ4n) is 1.69. The van der Waals surface area contributed by atoms with Crippen LogP contribution in [0.1, 0.15) is 26.6 Å². The van der Waals surface area contributed by atoms with E-state index < -0.39 is 23.3 Å². The smallest absolute Gasteiger partial charge is 0.330 e. The zero-order valence-corrected chi connectivity index (χ0v) is 11.4. The molecule has 0 aliphatic heterocycles. The second-order valence-corrected chi connectivity index (χ2v) is 5.13. The number of benzene rings is 1. The summed E-state index contributed by atoms with van der Waals surface area (Å²) in [5.41, 5.74) is 3.66. The largest absolute Gasteiger partial charge is 0.419 e. The van der Waals surface area contributed by atoms with Crippen LogP contribution in [0.3, 0.4) is 0 Å². The van der Waals surface area contributed by atoms with Gasteiger partial charge in [-0.2, -0.15) is 13.2 Å². The molecule has 0 bridgehead atoms. The van der Waals surface area contributed by atoms with Gasteiger partial charge >= 0.3 is 6.18 Å². The summed E-state index contributed by atoms with van der Waals surface area (Å²) in [4.78, 5) is 16.1. The van der Waals surface area contributed by atoms with Gasteiger partial charge in [0.1, 0.15) is 11.5 Å². The molecule has 0 radical (unpaired) electrons. The van der Waals surface area contributed by atoms with Crippen LogP contribution in [-0.4, -0.2) is 17.3 Å². The van der Waals surface area contributed by atoms with Gasteiger partial charge in [-0.25, -0.2) is 9.37 Å². The van der Waals surface area contributed by atoms with E-state index in [1.54, 1.807) is 0 Å². The molecule has 3 nitrogen and oxygen atoms in total. The normalized spacial score (nSPS) is 11.7. The number of carbonyl (C=O) groups is 1. The number of rotatable bonds is 4. The minimum atomic E-state index is -4.85. The van der Waals surface area contributed by atoms with Crippen molar-refractivity contribution in [3.05, 3.63) is 51.2 Å². The van der Waals surface area contributed by atoms with Gasteiger partial charge in [-0.3, -0.25) is 4.79 Å². The van der Waals surface area contributed by atoms with Crippen LogP contribution in [-0.2, 0) is 12.6 Å². The minimum Gasteiger partial charge on any atom is -0.330 e. The molecule has 0 fully saturated rings. The molecule has 2 N–H and O–H groups in total. The van der Waals surface area contributed by atoms with E-state index in [9.17, 15) is 22.4 Å². The summed E-state index contributed by atoms with van der Waals surface area (Å²) in [7, 11) is 0. The lowest BCUT2D eigenvalue weighted by Gasteiger charge is -2.09. The molecular formula is C13H10F4N2OS. The Morgan fingerprint density at radius 3 is 2.67 bits per heavy atom. The Bertz CT molecular complexity index is 666. The summed E-state index contributed by atoms with van der Waals surface area (Å²) in [5, 5.41) is 2.07. The third-order valence-electron chi connectivity index (χ3n) is 2.68. The van der Waals surface area contributed by atoms with Gasteiger partial charge in [-0.1, -0.05) is 0 Å². The van der Waals surface area contributed by atoms with Gasteiger partial charge in [0, 0.05) is 17.4 Å². The van der Waals surface area contributed by atoms with Crippen LogP contribution in [0.25, 0.3) is 0 Å². The number of hydrogen-bond acceptors (Lipinski definition) is 4. The van der Waals surface area contributed by atoms with E-state index in [1.165, 1.54) is 16.7 Å². The number of nitrogens with two attached hydrogens (primary N) is 1. The Labute approximate surface area is 121 Å². The first kappa shape index (κ1) is 15.6. The third-order valence-corrected chi connectivity index (χ3v) is 3.59. The lowest BCUT2D eigenvalue weighted by Crippen LogP contribution is -2.11. The van der Waals surface area contributed by atoms with Gasteiger partial charge < -0.3 is 5.73 Å². The van der Waals surface area contributed by atoms with Crippen LogP contribution < -0.4 is 5.73 Å². The standard InChI is InChI=1S/C13H10F4N2OS/c14-9-2-1-7(5-8(9)13(15,16)17)12(20)10-6-21-11(19-10)3-4-18/h1-2,5-6H,3-4,18H2. The molecular weight excluding hydrogens is 308 g/mol. The van der Waals surface area contributed by atoms with E-state index in [0.717, 1.165) is 6.07 Å². The first-order valence-electron chi connectivity index (χ1n) is 5.89. The summed E-state index contributed by atoms with van der Waals surface area (Å²) in [6, 6.07) is 2.14. The first-order valence-corrected chi connectivity index (χ1v) is 6.77. The van der Waals surface area contributed by atoms with Crippen LogP contribution in [0.4, 0.5) is 17.6 Å². The Morgan fingerprint density at radius 1 is 1.33 bits per heavy atom. The highest BCUT2D eigenvalue weighted by atomic mass is 32.1. The molecule has 0 aliphatic carbocycles. The van der Waals surface area contributed by atoms with Gasteiger partial charge in [0.2, 0.25) is 5.78 Å². The number of hydrogen-bond donors (Lipinski definition) is 1. The van der Waals surface area contributed by atoms with Crippen LogP contribution in [0.5, 0.6) is 0 Å². The monoisotopic (exact) mass is 318 g/mol. The fraction of sp³-hybridized carbons (Fsp3) is 0.231. The number of nitrogens with zero attached hydrogens (tertiary/aromatic N) is 1. The molecule has 0 aliphatic rings. The average molecular weight is 318 g/mol. The molecule has 2 aromatic rings. The number of aromatic nitrogens is 1. The highest BCUT2D eigenvalue weighted by Crippen LogP contribution is 2.32.